The Kier molecular flexibility index (Phi) is 2.52. The monoisotopic (exact) mass is 135 g/mol. The predicted molar refractivity (Wildman–Crippen MR) is 39.9 cm³/mol. The molecule has 2 nitrogen and oxygen atoms in total. The van der Waals surface area contributed by atoms with Crippen LogP contribution < -0.4 is 5.32 Å². The SMILES string of the molecule is C#CC(=O)NC(C)(C)C#C. The van der Waals surface area contributed by atoms with Crippen molar-refractivity contribution in [2.24, 2.45) is 0 Å². The first-order valence-electron chi connectivity index (χ1n) is 2.78. The first-order chi connectivity index (χ1) is 4.52. The van der Waals surface area contributed by atoms with Gasteiger partial charge in [-0.2, -0.15) is 0 Å². The Bertz CT molecular complexity index is 214. The topological polar surface area (TPSA) is 29.1 Å². The molecule has 0 aliphatic carbocycles. The van der Waals surface area contributed by atoms with E-state index in [1.54, 1.807) is 13.8 Å². The van der Waals surface area contributed by atoms with E-state index >= 15 is 0 Å². The molecule has 0 aromatic heterocycles. The molecule has 0 aliphatic heterocycles. The van der Waals surface area contributed by atoms with E-state index in [4.69, 9.17) is 12.8 Å². The lowest BCUT2D eigenvalue weighted by Crippen LogP contribution is -2.41. The summed E-state index contributed by atoms with van der Waals surface area (Å²) in [6.07, 6.45) is 9.88. The van der Waals surface area contributed by atoms with E-state index in [2.05, 4.69) is 11.2 Å². The van der Waals surface area contributed by atoms with Gasteiger partial charge >= 0.3 is 0 Å². The largest absolute Gasteiger partial charge is 0.330 e. The minimum atomic E-state index is -0.649. The van der Waals surface area contributed by atoms with Crippen molar-refractivity contribution in [2.45, 2.75) is 19.4 Å². The van der Waals surface area contributed by atoms with Crippen LogP contribution in [0.2, 0.25) is 0 Å². The summed E-state index contributed by atoms with van der Waals surface area (Å²) in [7, 11) is 0. The molecule has 0 spiro atoms. The third-order valence-corrected chi connectivity index (χ3v) is 0.918. The highest BCUT2D eigenvalue weighted by Gasteiger charge is 2.14. The maximum absolute atomic E-state index is 10.5. The molecule has 10 heavy (non-hydrogen) atoms. The van der Waals surface area contributed by atoms with E-state index in [0.717, 1.165) is 0 Å². The Balaban J connectivity index is 4.08. The maximum atomic E-state index is 10.5. The Morgan fingerprint density at radius 1 is 1.50 bits per heavy atom. The molecule has 0 bridgehead atoms. The molecule has 0 saturated carbocycles. The number of hydrogen-bond acceptors (Lipinski definition) is 1. The zero-order valence-corrected chi connectivity index (χ0v) is 6.06. The van der Waals surface area contributed by atoms with Crippen LogP contribution in [0.3, 0.4) is 0 Å². The van der Waals surface area contributed by atoms with E-state index in [1.807, 2.05) is 5.92 Å². The van der Waals surface area contributed by atoms with Gasteiger partial charge < -0.3 is 5.32 Å². The van der Waals surface area contributed by atoms with Gasteiger partial charge in [0.2, 0.25) is 0 Å². The first kappa shape index (κ1) is 8.59. The van der Waals surface area contributed by atoms with Gasteiger partial charge in [-0.25, -0.2) is 0 Å². The van der Waals surface area contributed by atoms with Crippen LogP contribution in [0.4, 0.5) is 0 Å². The van der Waals surface area contributed by atoms with Gasteiger partial charge in [0.05, 0.1) is 5.54 Å². The molecular weight excluding hydrogens is 126 g/mol. The minimum Gasteiger partial charge on any atom is -0.330 e. The van der Waals surface area contributed by atoms with E-state index in [9.17, 15) is 4.79 Å². The molecule has 1 N–H and O–H groups in total. The molecule has 0 atom stereocenters. The summed E-state index contributed by atoms with van der Waals surface area (Å²) in [5, 5.41) is 2.44. The summed E-state index contributed by atoms with van der Waals surface area (Å²) in [4.78, 5) is 10.5. The van der Waals surface area contributed by atoms with Crippen molar-refractivity contribution in [1.82, 2.24) is 5.32 Å². The zero-order chi connectivity index (χ0) is 8.20. The predicted octanol–water partition coefficient (Wildman–Crippen LogP) is 0.148. The second kappa shape index (κ2) is 2.94. The Morgan fingerprint density at radius 2 is 2.00 bits per heavy atom. The lowest BCUT2D eigenvalue weighted by molar-refractivity contribution is -0.116. The molecule has 0 aliphatic rings. The van der Waals surface area contributed by atoms with Crippen molar-refractivity contribution in [1.29, 1.82) is 0 Å². The standard InChI is InChI=1S/C8H9NO/c1-5-7(10)9-8(3,4)6-2/h1-2H,3-4H3,(H,9,10). The van der Waals surface area contributed by atoms with Crippen LogP contribution in [-0.4, -0.2) is 11.4 Å². The lowest BCUT2D eigenvalue weighted by atomic mass is 10.1. The molecule has 1 amide bonds. The van der Waals surface area contributed by atoms with Crippen LogP contribution in [0.15, 0.2) is 0 Å². The van der Waals surface area contributed by atoms with Crippen molar-refractivity contribution in [3.8, 4) is 24.7 Å². The number of terminal acetylenes is 2. The number of hydrogen-bond donors (Lipinski definition) is 1. The third kappa shape index (κ3) is 2.79. The van der Waals surface area contributed by atoms with Gasteiger partial charge in [-0.1, -0.05) is 5.92 Å². The molecule has 0 unspecified atom stereocenters. The fourth-order valence-electron chi connectivity index (χ4n) is 0.356. The maximum Gasteiger partial charge on any atom is 0.296 e. The van der Waals surface area contributed by atoms with E-state index in [0.29, 0.717) is 0 Å². The van der Waals surface area contributed by atoms with Crippen molar-refractivity contribution >= 4 is 5.91 Å². The summed E-state index contributed by atoms with van der Waals surface area (Å²) in [6, 6.07) is 0. The lowest BCUT2D eigenvalue weighted by Gasteiger charge is -2.16. The molecule has 0 saturated heterocycles. The minimum absolute atomic E-state index is 0.483. The van der Waals surface area contributed by atoms with Gasteiger partial charge in [-0.15, -0.1) is 12.8 Å². The highest BCUT2D eigenvalue weighted by molar-refractivity contribution is 5.93. The fourth-order valence-corrected chi connectivity index (χ4v) is 0.356. The quantitative estimate of drug-likeness (QED) is 0.509. The zero-order valence-electron chi connectivity index (χ0n) is 6.06. The van der Waals surface area contributed by atoms with Crippen LogP contribution in [0.25, 0.3) is 0 Å². The van der Waals surface area contributed by atoms with Gasteiger partial charge in [0, 0.05) is 0 Å². The molecule has 0 aromatic carbocycles. The Hall–Kier alpha value is -1.41. The van der Waals surface area contributed by atoms with E-state index in [-0.39, 0.29) is 0 Å². The second-order valence-electron chi connectivity index (χ2n) is 2.37. The molecule has 52 valence electrons. The fraction of sp³-hybridized carbons (Fsp3) is 0.375. The Morgan fingerprint density at radius 3 is 2.30 bits per heavy atom. The van der Waals surface area contributed by atoms with Crippen molar-refractivity contribution in [3.05, 3.63) is 0 Å². The number of nitrogens with one attached hydrogen (secondary N) is 1. The van der Waals surface area contributed by atoms with Crippen molar-refractivity contribution in [3.63, 3.8) is 0 Å². The second-order valence-corrected chi connectivity index (χ2v) is 2.37. The number of carbonyl (C=O) groups excluding carboxylic acids is 1. The van der Waals surface area contributed by atoms with Crippen LogP contribution in [0.5, 0.6) is 0 Å². The summed E-state index contributed by atoms with van der Waals surface area (Å²) in [5.41, 5.74) is -0.649. The Labute approximate surface area is 61.0 Å². The smallest absolute Gasteiger partial charge is 0.296 e. The van der Waals surface area contributed by atoms with Crippen LogP contribution in [0.1, 0.15) is 13.8 Å². The summed E-state index contributed by atoms with van der Waals surface area (Å²) in [6.45, 7) is 3.39. The molecule has 0 radical (unpaired) electrons. The van der Waals surface area contributed by atoms with Crippen LogP contribution in [0, 0.1) is 24.7 Å². The summed E-state index contributed by atoms with van der Waals surface area (Å²) < 4.78 is 0. The van der Waals surface area contributed by atoms with Crippen LogP contribution in [-0.2, 0) is 4.79 Å². The van der Waals surface area contributed by atoms with E-state index in [1.165, 1.54) is 0 Å². The number of rotatable bonds is 1. The van der Waals surface area contributed by atoms with E-state index < -0.39 is 11.4 Å². The molecule has 0 heterocycles. The van der Waals surface area contributed by atoms with Crippen molar-refractivity contribution in [2.75, 3.05) is 0 Å². The summed E-state index contributed by atoms with van der Waals surface area (Å²) in [5.74, 6) is 3.81. The molecule has 0 fully saturated rings. The van der Waals surface area contributed by atoms with Gasteiger partial charge in [0.25, 0.3) is 5.91 Å². The highest BCUT2D eigenvalue weighted by Crippen LogP contribution is 1.96. The number of amides is 1. The van der Waals surface area contributed by atoms with Gasteiger partial charge in [0.1, 0.15) is 0 Å². The number of carbonyl (C=O) groups is 1. The molecule has 0 rings (SSSR count). The highest BCUT2D eigenvalue weighted by atomic mass is 16.1. The van der Waals surface area contributed by atoms with Crippen molar-refractivity contribution < 1.29 is 4.79 Å². The normalized spacial score (nSPS) is 9.20. The summed E-state index contributed by atoms with van der Waals surface area (Å²) >= 11 is 0. The average molecular weight is 135 g/mol. The first-order valence-corrected chi connectivity index (χ1v) is 2.78. The molecule has 2 heteroatoms. The van der Waals surface area contributed by atoms with Gasteiger partial charge in [-0.3, -0.25) is 4.79 Å². The molecular formula is C8H9NO. The average Bonchev–Trinajstić information content (AvgIpc) is 1.87. The van der Waals surface area contributed by atoms with Crippen LogP contribution >= 0.6 is 0 Å². The van der Waals surface area contributed by atoms with Gasteiger partial charge in [-0.05, 0) is 19.8 Å². The van der Waals surface area contributed by atoms with Gasteiger partial charge in [0.15, 0.2) is 0 Å². The third-order valence-electron chi connectivity index (χ3n) is 0.918. The molecule has 0 aromatic rings.